The number of benzene rings is 1. The number of allylic oxidation sites excluding steroid dienone is 1. The first-order valence-electron chi connectivity index (χ1n) is 5.68. The quantitative estimate of drug-likeness (QED) is 0.709. The number of fused-ring (bicyclic) bond motifs is 1. The maximum Gasteiger partial charge on any atom is 0.161 e. The first-order valence-corrected chi connectivity index (χ1v) is 6.49. The SMILES string of the molecule is CC(C)(C)C(=O)/C=C/c1cc2ccccc2s1. The lowest BCUT2D eigenvalue weighted by molar-refractivity contribution is -0.121. The van der Waals surface area contributed by atoms with Crippen molar-refractivity contribution < 1.29 is 4.79 Å². The predicted octanol–water partition coefficient (Wildman–Crippen LogP) is 4.53. The van der Waals surface area contributed by atoms with Gasteiger partial charge in [0.1, 0.15) is 0 Å². The van der Waals surface area contributed by atoms with E-state index in [1.165, 1.54) is 10.1 Å². The standard InChI is InChI=1S/C15H16OS/c1-15(2,3)14(16)9-8-12-10-11-6-4-5-7-13(11)17-12/h4-10H,1-3H3/b9-8+. The fraction of sp³-hybridized carbons (Fsp3) is 0.267. The second-order valence-corrected chi connectivity index (χ2v) is 6.25. The number of hydrogen-bond acceptors (Lipinski definition) is 2. The molecule has 2 heteroatoms. The number of ketones is 1. The van der Waals surface area contributed by atoms with Gasteiger partial charge in [0, 0.05) is 15.0 Å². The molecule has 0 amide bonds. The van der Waals surface area contributed by atoms with Gasteiger partial charge in [0.25, 0.3) is 0 Å². The van der Waals surface area contributed by atoms with Gasteiger partial charge in [0.05, 0.1) is 0 Å². The molecule has 0 saturated heterocycles. The molecular weight excluding hydrogens is 228 g/mol. The Kier molecular flexibility index (Phi) is 3.16. The molecule has 0 fully saturated rings. The fourth-order valence-electron chi connectivity index (χ4n) is 1.49. The van der Waals surface area contributed by atoms with Gasteiger partial charge in [0.2, 0.25) is 0 Å². The van der Waals surface area contributed by atoms with E-state index in [1.807, 2.05) is 39.0 Å². The molecule has 1 aromatic carbocycles. The second-order valence-electron chi connectivity index (χ2n) is 5.13. The highest BCUT2D eigenvalue weighted by Gasteiger charge is 2.17. The number of carbonyl (C=O) groups excluding carboxylic acids is 1. The third kappa shape index (κ3) is 2.83. The lowest BCUT2D eigenvalue weighted by Crippen LogP contribution is -2.17. The highest BCUT2D eigenvalue weighted by atomic mass is 32.1. The Morgan fingerprint density at radius 3 is 2.59 bits per heavy atom. The van der Waals surface area contributed by atoms with E-state index in [4.69, 9.17) is 0 Å². The molecule has 1 aromatic heterocycles. The number of carbonyl (C=O) groups is 1. The molecule has 2 rings (SSSR count). The number of hydrogen-bond donors (Lipinski definition) is 0. The summed E-state index contributed by atoms with van der Waals surface area (Å²) in [5.74, 6) is 0.162. The van der Waals surface area contributed by atoms with Crippen molar-refractivity contribution in [1.29, 1.82) is 0 Å². The van der Waals surface area contributed by atoms with Crippen molar-refractivity contribution in [3.05, 3.63) is 41.3 Å². The molecule has 0 radical (unpaired) electrons. The van der Waals surface area contributed by atoms with Crippen molar-refractivity contribution in [2.75, 3.05) is 0 Å². The zero-order chi connectivity index (χ0) is 12.5. The van der Waals surface area contributed by atoms with Crippen LogP contribution in [-0.2, 0) is 4.79 Å². The molecule has 0 N–H and O–H groups in total. The van der Waals surface area contributed by atoms with E-state index in [0.29, 0.717) is 0 Å². The maximum absolute atomic E-state index is 11.8. The van der Waals surface area contributed by atoms with Crippen LogP contribution < -0.4 is 0 Å². The lowest BCUT2D eigenvalue weighted by Gasteiger charge is -2.12. The summed E-state index contributed by atoms with van der Waals surface area (Å²) in [6.45, 7) is 5.81. The van der Waals surface area contributed by atoms with Crippen LogP contribution in [0.3, 0.4) is 0 Å². The van der Waals surface area contributed by atoms with Crippen molar-refractivity contribution in [2.45, 2.75) is 20.8 Å². The largest absolute Gasteiger partial charge is 0.294 e. The molecule has 1 nitrogen and oxygen atoms in total. The van der Waals surface area contributed by atoms with Gasteiger partial charge in [-0.2, -0.15) is 0 Å². The van der Waals surface area contributed by atoms with Gasteiger partial charge in [-0.1, -0.05) is 39.0 Å². The van der Waals surface area contributed by atoms with Crippen LogP contribution in [0, 0.1) is 5.41 Å². The van der Waals surface area contributed by atoms with E-state index in [2.05, 4.69) is 18.2 Å². The van der Waals surface area contributed by atoms with Crippen LogP contribution in [-0.4, -0.2) is 5.78 Å². The minimum atomic E-state index is -0.298. The third-order valence-corrected chi connectivity index (χ3v) is 3.66. The Labute approximate surface area is 106 Å². The van der Waals surface area contributed by atoms with Crippen LogP contribution in [0.2, 0.25) is 0 Å². The zero-order valence-electron chi connectivity index (χ0n) is 10.4. The minimum absolute atomic E-state index is 0.162. The summed E-state index contributed by atoms with van der Waals surface area (Å²) in [5.41, 5.74) is -0.298. The summed E-state index contributed by atoms with van der Waals surface area (Å²) in [5, 5.41) is 1.24. The molecule has 0 aliphatic rings. The Morgan fingerprint density at radius 2 is 1.94 bits per heavy atom. The van der Waals surface area contributed by atoms with Gasteiger partial charge < -0.3 is 0 Å². The molecule has 0 aliphatic heterocycles. The molecule has 17 heavy (non-hydrogen) atoms. The van der Waals surface area contributed by atoms with E-state index in [1.54, 1.807) is 17.4 Å². The van der Waals surface area contributed by atoms with Crippen LogP contribution in [0.15, 0.2) is 36.4 Å². The van der Waals surface area contributed by atoms with Crippen molar-refractivity contribution >= 4 is 33.3 Å². The lowest BCUT2D eigenvalue weighted by atomic mass is 9.90. The topological polar surface area (TPSA) is 17.1 Å². The molecule has 0 atom stereocenters. The van der Waals surface area contributed by atoms with E-state index in [-0.39, 0.29) is 11.2 Å². The van der Waals surface area contributed by atoms with Gasteiger partial charge in [-0.15, -0.1) is 11.3 Å². The molecular formula is C15H16OS. The van der Waals surface area contributed by atoms with Crippen LogP contribution in [0.4, 0.5) is 0 Å². The van der Waals surface area contributed by atoms with Gasteiger partial charge in [0.15, 0.2) is 5.78 Å². The molecule has 88 valence electrons. The predicted molar refractivity (Wildman–Crippen MR) is 75.3 cm³/mol. The fourth-order valence-corrected chi connectivity index (χ4v) is 2.46. The minimum Gasteiger partial charge on any atom is -0.294 e. The molecule has 0 bridgehead atoms. The van der Waals surface area contributed by atoms with Gasteiger partial charge in [-0.05, 0) is 29.7 Å². The molecule has 2 aromatic rings. The Morgan fingerprint density at radius 1 is 1.24 bits per heavy atom. The molecule has 0 saturated carbocycles. The normalized spacial score (nSPS) is 12.4. The first kappa shape index (κ1) is 12.1. The van der Waals surface area contributed by atoms with E-state index < -0.39 is 0 Å². The van der Waals surface area contributed by atoms with Gasteiger partial charge >= 0.3 is 0 Å². The highest BCUT2D eigenvalue weighted by Crippen LogP contribution is 2.26. The van der Waals surface area contributed by atoms with Crippen LogP contribution in [0.25, 0.3) is 16.2 Å². The summed E-state index contributed by atoms with van der Waals surface area (Å²) >= 11 is 1.71. The summed E-state index contributed by atoms with van der Waals surface area (Å²) in [7, 11) is 0. The second kappa shape index (κ2) is 4.46. The Balaban J connectivity index is 2.24. The number of rotatable bonds is 2. The van der Waals surface area contributed by atoms with E-state index >= 15 is 0 Å². The van der Waals surface area contributed by atoms with Crippen molar-refractivity contribution in [2.24, 2.45) is 5.41 Å². The smallest absolute Gasteiger partial charge is 0.161 e. The average molecular weight is 244 g/mol. The van der Waals surface area contributed by atoms with E-state index in [9.17, 15) is 4.79 Å². The summed E-state index contributed by atoms with van der Waals surface area (Å²) in [6, 6.07) is 10.4. The van der Waals surface area contributed by atoms with Crippen LogP contribution in [0.1, 0.15) is 25.6 Å². The Hall–Kier alpha value is -1.41. The molecule has 0 unspecified atom stereocenters. The molecule has 1 heterocycles. The summed E-state index contributed by atoms with van der Waals surface area (Å²) in [6.07, 6.45) is 3.60. The first-order chi connectivity index (χ1) is 7.97. The van der Waals surface area contributed by atoms with Crippen LogP contribution >= 0.6 is 11.3 Å². The van der Waals surface area contributed by atoms with Crippen LogP contribution in [0.5, 0.6) is 0 Å². The van der Waals surface area contributed by atoms with Crippen molar-refractivity contribution in [3.8, 4) is 0 Å². The monoisotopic (exact) mass is 244 g/mol. The molecule has 0 spiro atoms. The molecule has 0 aliphatic carbocycles. The zero-order valence-corrected chi connectivity index (χ0v) is 11.2. The van der Waals surface area contributed by atoms with Crippen molar-refractivity contribution in [3.63, 3.8) is 0 Å². The van der Waals surface area contributed by atoms with Gasteiger partial charge in [-0.25, -0.2) is 0 Å². The average Bonchev–Trinajstić information content (AvgIpc) is 2.66. The third-order valence-electron chi connectivity index (χ3n) is 2.58. The van der Waals surface area contributed by atoms with Gasteiger partial charge in [-0.3, -0.25) is 4.79 Å². The summed E-state index contributed by atoms with van der Waals surface area (Å²) < 4.78 is 1.26. The highest BCUT2D eigenvalue weighted by molar-refractivity contribution is 7.19. The van der Waals surface area contributed by atoms with Crippen molar-refractivity contribution in [1.82, 2.24) is 0 Å². The summed E-state index contributed by atoms with van der Waals surface area (Å²) in [4.78, 5) is 12.9. The Bertz CT molecular complexity index is 537. The number of thiophene rings is 1. The van der Waals surface area contributed by atoms with E-state index in [0.717, 1.165) is 4.88 Å². The maximum atomic E-state index is 11.8.